The first-order valence-electron chi connectivity index (χ1n) is 8.96. The number of piperazine rings is 1. The van der Waals surface area contributed by atoms with Crippen molar-refractivity contribution in [3.05, 3.63) is 52.2 Å². The topological polar surface area (TPSA) is 64.3 Å². The van der Waals surface area contributed by atoms with Gasteiger partial charge in [-0.25, -0.2) is 9.37 Å². The van der Waals surface area contributed by atoms with Gasteiger partial charge in [0.05, 0.1) is 0 Å². The maximum Gasteiger partial charge on any atom is 0.433 e. The van der Waals surface area contributed by atoms with Crippen LogP contribution in [0.15, 0.2) is 35.1 Å². The molecule has 6 nitrogen and oxygen atoms in total. The molecule has 1 aliphatic heterocycles. The van der Waals surface area contributed by atoms with Crippen molar-refractivity contribution in [2.24, 2.45) is 0 Å². The second kappa shape index (κ2) is 8.59. The van der Waals surface area contributed by atoms with E-state index in [0.29, 0.717) is 19.0 Å². The van der Waals surface area contributed by atoms with Gasteiger partial charge in [0, 0.05) is 44.5 Å². The van der Waals surface area contributed by atoms with Crippen molar-refractivity contribution >= 4 is 11.6 Å². The summed E-state index contributed by atoms with van der Waals surface area (Å²) in [5, 5.41) is 2.74. The summed E-state index contributed by atoms with van der Waals surface area (Å²) < 4.78 is 51.0. The summed E-state index contributed by atoms with van der Waals surface area (Å²) in [6, 6.07) is 6.85. The van der Waals surface area contributed by atoms with Gasteiger partial charge in [-0.2, -0.15) is 13.2 Å². The molecule has 2 N–H and O–H groups in total. The van der Waals surface area contributed by atoms with E-state index in [9.17, 15) is 22.4 Å². The van der Waals surface area contributed by atoms with Crippen LogP contribution in [0.4, 0.5) is 29.2 Å². The second-order valence-electron chi connectivity index (χ2n) is 6.56. The molecule has 0 radical (unpaired) electrons. The molecule has 0 atom stereocenters. The Morgan fingerprint density at radius 2 is 1.79 bits per heavy atom. The Hall–Kier alpha value is -2.62. The Morgan fingerprint density at radius 3 is 2.43 bits per heavy atom. The molecule has 1 saturated heterocycles. The number of benzene rings is 1. The molecule has 2 aromatic rings. The molecule has 1 aliphatic rings. The first kappa shape index (κ1) is 20.1. The van der Waals surface area contributed by atoms with Gasteiger partial charge in [0.2, 0.25) is 5.95 Å². The lowest BCUT2D eigenvalue weighted by molar-refractivity contribution is -0.141. The van der Waals surface area contributed by atoms with E-state index in [1.807, 2.05) is 0 Å². The lowest BCUT2D eigenvalue weighted by Gasteiger charge is -2.36. The zero-order chi connectivity index (χ0) is 20.1. The molecule has 0 saturated carbocycles. The highest BCUT2D eigenvalue weighted by Gasteiger charge is 2.33. The second-order valence-corrected chi connectivity index (χ2v) is 6.56. The number of aromatic amines is 1. The van der Waals surface area contributed by atoms with E-state index in [1.165, 1.54) is 12.1 Å². The van der Waals surface area contributed by atoms with E-state index in [4.69, 9.17) is 0 Å². The van der Waals surface area contributed by atoms with Crippen molar-refractivity contribution in [2.75, 3.05) is 49.5 Å². The van der Waals surface area contributed by atoms with Crippen molar-refractivity contribution in [2.45, 2.75) is 12.6 Å². The summed E-state index contributed by atoms with van der Waals surface area (Å²) in [6.07, 6.45) is -3.97. The molecule has 0 aliphatic carbocycles. The van der Waals surface area contributed by atoms with Crippen molar-refractivity contribution in [3.8, 4) is 0 Å². The first-order chi connectivity index (χ1) is 13.3. The van der Waals surface area contributed by atoms with Crippen LogP contribution in [-0.4, -0.2) is 54.1 Å². The molecular formula is C18H21F4N5O. The molecule has 152 valence electrons. The Bertz CT molecular complexity index is 829. The van der Waals surface area contributed by atoms with Crippen molar-refractivity contribution in [1.29, 1.82) is 0 Å². The van der Waals surface area contributed by atoms with Gasteiger partial charge in [0.15, 0.2) is 5.69 Å². The standard InChI is InChI=1S/C18H21F4N5O/c19-13-2-4-14(5-3-13)27-10-8-26(9-11-27)7-1-6-23-17-24-15(18(20,21)22)12-16(28)25-17/h2-5,12H,1,6-11H2,(H2,23,24,25,28). The lowest BCUT2D eigenvalue weighted by Crippen LogP contribution is -2.46. The van der Waals surface area contributed by atoms with Gasteiger partial charge < -0.3 is 10.2 Å². The Balaban J connectivity index is 1.41. The molecule has 1 aromatic carbocycles. The van der Waals surface area contributed by atoms with E-state index in [-0.39, 0.29) is 11.8 Å². The number of alkyl halides is 3. The molecule has 0 amide bonds. The minimum Gasteiger partial charge on any atom is -0.369 e. The van der Waals surface area contributed by atoms with Gasteiger partial charge in [-0.05, 0) is 37.2 Å². The van der Waals surface area contributed by atoms with E-state index in [2.05, 4.69) is 25.1 Å². The van der Waals surface area contributed by atoms with Crippen molar-refractivity contribution < 1.29 is 17.6 Å². The number of halogens is 4. The number of H-pyrrole nitrogens is 1. The van der Waals surface area contributed by atoms with Crippen molar-refractivity contribution in [1.82, 2.24) is 14.9 Å². The molecule has 2 heterocycles. The summed E-state index contributed by atoms with van der Waals surface area (Å²) in [6.45, 7) is 4.49. The van der Waals surface area contributed by atoms with Crippen LogP contribution < -0.4 is 15.8 Å². The average Bonchev–Trinajstić information content (AvgIpc) is 2.65. The smallest absolute Gasteiger partial charge is 0.369 e. The quantitative estimate of drug-likeness (QED) is 0.578. The zero-order valence-electron chi connectivity index (χ0n) is 15.1. The van der Waals surface area contributed by atoms with Gasteiger partial charge in [-0.1, -0.05) is 0 Å². The number of nitrogens with zero attached hydrogens (tertiary/aromatic N) is 3. The van der Waals surface area contributed by atoms with Crippen LogP contribution in [-0.2, 0) is 6.18 Å². The first-order valence-corrected chi connectivity index (χ1v) is 8.96. The van der Waals surface area contributed by atoms with Gasteiger partial charge in [0.1, 0.15) is 5.82 Å². The molecule has 1 fully saturated rings. The average molecular weight is 399 g/mol. The van der Waals surface area contributed by atoms with E-state index in [0.717, 1.165) is 38.4 Å². The number of hydrogen-bond acceptors (Lipinski definition) is 5. The van der Waals surface area contributed by atoms with Gasteiger partial charge >= 0.3 is 6.18 Å². The number of nitrogens with one attached hydrogen (secondary N) is 2. The highest BCUT2D eigenvalue weighted by Crippen LogP contribution is 2.26. The lowest BCUT2D eigenvalue weighted by atomic mass is 10.2. The summed E-state index contributed by atoms with van der Waals surface area (Å²) in [5.74, 6) is -0.438. The molecule has 0 spiro atoms. The maximum atomic E-state index is 13.0. The SMILES string of the molecule is O=c1cc(C(F)(F)F)nc(NCCCN2CCN(c3ccc(F)cc3)CC2)[nH]1. The van der Waals surface area contributed by atoms with Crippen LogP contribution in [0.2, 0.25) is 0 Å². The third-order valence-electron chi connectivity index (χ3n) is 4.54. The van der Waals surface area contributed by atoms with Crippen LogP contribution in [0, 0.1) is 5.82 Å². The van der Waals surface area contributed by atoms with E-state index >= 15 is 0 Å². The summed E-state index contributed by atoms with van der Waals surface area (Å²) in [7, 11) is 0. The fraction of sp³-hybridized carbons (Fsp3) is 0.444. The Labute approximate surface area is 159 Å². The number of anilines is 2. The van der Waals surface area contributed by atoms with Crippen LogP contribution in [0.5, 0.6) is 0 Å². The summed E-state index contributed by atoms with van der Waals surface area (Å²) in [4.78, 5) is 21.4. The van der Waals surface area contributed by atoms with E-state index < -0.39 is 17.4 Å². The van der Waals surface area contributed by atoms with E-state index in [1.54, 1.807) is 12.1 Å². The highest BCUT2D eigenvalue weighted by molar-refractivity contribution is 5.46. The third kappa shape index (κ3) is 5.44. The molecule has 0 unspecified atom stereocenters. The largest absolute Gasteiger partial charge is 0.433 e. The van der Waals surface area contributed by atoms with Crippen LogP contribution in [0.25, 0.3) is 0 Å². The predicted octanol–water partition coefficient (Wildman–Crippen LogP) is 2.55. The monoisotopic (exact) mass is 399 g/mol. The highest BCUT2D eigenvalue weighted by atomic mass is 19.4. The summed E-state index contributed by atoms with van der Waals surface area (Å²) in [5.41, 5.74) is -1.07. The Morgan fingerprint density at radius 1 is 1.11 bits per heavy atom. The number of aromatic nitrogens is 2. The van der Waals surface area contributed by atoms with Crippen LogP contribution in [0.3, 0.4) is 0 Å². The normalized spacial score (nSPS) is 15.6. The fourth-order valence-electron chi connectivity index (χ4n) is 3.08. The zero-order valence-corrected chi connectivity index (χ0v) is 15.1. The van der Waals surface area contributed by atoms with Gasteiger partial charge in [-0.3, -0.25) is 14.7 Å². The Kier molecular flexibility index (Phi) is 6.18. The minimum absolute atomic E-state index is 0.180. The van der Waals surface area contributed by atoms with Gasteiger partial charge in [-0.15, -0.1) is 0 Å². The molecule has 1 aromatic heterocycles. The minimum atomic E-state index is -4.66. The fourth-order valence-corrected chi connectivity index (χ4v) is 3.08. The number of rotatable bonds is 6. The molecular weight excluding hydrogens is 378 g/mol. The van der Waals surface area contributed by atoms with Crippen LogP contribution >= 0.6 is 0 Å². The van der Waals surface area contributed by atoms with Crippen LogP contribution in [0.1, 0.15) is 12.1 Å². The molecule has 3 rings (SSSR count). The summed E-state index contributed by atoms with van der Waals surface area (Å²) >= 11 is 0. The molecule has 28 heavy (non-hydrogen) atoms. The molecule has 0 bridgehead atoms. The number of hydrogen-bond donors (Lipinski definition) is 2. The third-order valence-corrected chi connectivity index (χ3v) is 4.54. The molecule has 10 heteroatoms. The predicted molar refractivity (Wildman–Crippen MR) is 98.0 cm³/mol. The van der Waals surface area contributed by atoms with Crippen molar-refractivity contribution in [3.63, 3.8) is 0 Å². The maximum absolute atomic E-state index is 13.0. The van der Waals surface area contributed by atoms with Gasteiger partial charge in [0.25, 0.3) is 5.56 Å².